The van der Waals surface area contributed by atoms with Crippen LogP contribution in [-0.4, -0.2) is 25.6 Å². The fraction of sp³-hybridized carbons (Fsp3) is 0.133. The van der Waals surface area contributed by atoms with E-state index in [0.29, 0.717) is 11.2 Å². The second-order valence-corrected chi connectivity index (χ2v) is 5.95. The third-order valence-corrected chi connectivity index (χ3v) is 4.10. The number of hydrogen-bond acceptors (Lipinski definition) is 5. The number of fused-ring (bicyclic) bond motifs is 1. The summed E-state index contributed by atoms with van der Waals surface area (Å²) in [5, 5.41) is 18.5. The predicted molar refractivity (Wildman–Crippen MR) is 91.7 cm³/mol. The average Bonchev–Trinajstić information content (AvgIpc) is 2.91. The Hall–Kier alpha value is -2.81. The van der Waals surface area contributed by atoms with Crippen molar-refractivity contribution < 1.29 is 9.72 Å². The van der Waals surface area contributed by atoms with Gasteiger partial charge in [-0.15, -0.1) is 0 Å². The van der Waals surface area contributed by atoms with E-state index in [0.717, 1.165) is 9.86 Å². The summed E-state index contributed by atoms with van der Waals surface area (Å²) < 4.78 is 2.12. The summed E-state index contributed by atoms with van der Waals surface area (Å²) >= 11 is 3.44. The van der Waals surface area contributed by atoms with Crippen LogP contribution in [0.15, 0.2) is 41.1 Å². The summed E-state index contributed by atoms with van der Waals surface area (Å²) in [5.41, 5.74) is 1.38. The van der Waals surface area contributed by atoms with Crippen LogP contribution in [0.4, 0.5) is 11.4 Å². The molecule has 0 atom stereocenters. The van der Waals surface area contributed by atoms with E-state index in [1.54, 1.807) is 12.3 Å². The summed E-state index contributed by atoms with van der Waals surface area (Å²) in [6.07, 6.45) is 2.89. The number of rotatable bonds is 4. The first kappa shape index (κ1) is 16.1. The molecule has 1 aromatic carbocycles. The van der Waals surface area contributed by atoms with Crippen LogP contribution in [0, 0.1) is 17.0 Å². The predicted octanol–water partition coefficient (Wildman–Crippen LogP) is 3.05. The smallest absolute Gasteiger partial charge is 0.309 e. The number of anilines is 1. The lowest BCUT2D eigenvalue weighted by molar-refractivity contribution is -0.385. The second kappa shape index (κ2) is 6.36. The maximum Gasteiger partial charge on any atom is 0.309 e. The van der Waals surface area contributed by atoms with Gasteiger partial charge < -0.3 is 5.32 Å². The van der Waals surface area contributed by atoms with Crippen molar-refractivity contribution >= 4 is 44.1 Å². The van der Waals surface area contributed by atoms with Gasteiger partial charge in [-0.1, -0.05) is 22.0 Å². The van der Waals surface area contributed by atoms with Gasteiger partial charge >= 0.3 is 5.69 Å². The molecule has 2 aromatic heterocycles. The van der Waals surface area contributed by atoms with E-state index in [1.807, 2.05) is 18.2 Å². The number of benzene rings is 1. The highest BCUT2D eigenvalue weighted by atomic mass is 79.9. The number of pyridine rings is 1. The molecule has 0 aliphatic heterocycles. The quantitative estimate of drug-likeness (QED) is 0.545. The van der Waals surface area contributed by atoms with Gasteiger partial charge in [-0.3, -0.25) is 24.6 Å². The number of aromatic nitrogens is 3. The number of hydrogen-bond donors (Lipinski definition) is 1. The van der Waals surface area contributed by atoms with Crippen molar-refractivity contribution in [2.45, 2.75) is 13.5 Å². The van der Waals surface area contributed by atoms with Gasteiger partial charge in [-0.25, -0.2) is 0 Å². The van der Waals surface area contributed by atoms with Gasteiger partial charge in [0, 0.05) is 16.1 Å². The molecule has 122 valence electrons. The molecule has 1 N–H and O–H groups in total. The van der Waals surface area contributed by atoms with Gasteiger partial charge in [-0.2, -0.15) is 5.10 Å². The summed E-state index contributed by atoms with van der Waals surface area (Å²) in [5.74, 6) is -0.346. The Morgan fingerprint density at radius 3 is 2.92 bits per heavy atom. The van der Waals surface area contributed by atoms with Crippen LogP contribution in [-0.2, 0) is 11.3 Å². The van der Waals surface area contributed by atoms with E-state index in [1.165, 1.54) is 17.8 Å². The Bertz CT molecular complexity index is 953. The van der Waals surface area contributed by atoms with Crippen molar-refractivity contribution in [3.8, 4) is 0 Å². The molecule has 0 aliphatic rings. The number of halogens is 1. The number of nitrogens with one attached hydrogen (secondary N) is 1. The van der Waals surface area contributed by atoms with Crippen LogP contribution in [0.1, 0.15) is 5.69 Å². The number of aryl methyl sites for hydroxylation is 1. The summed E-state index contributed by atoms with van der Waals surface area (Å²) in [7, 11) is 0. The molecule has 0 saturated carbocycles. The molecule has 0 unspecified atom stereocenters. The van der Waals surface area contributed by atoms with Crippen LogP contribution >= 0.6 is 15.9 Å². The number of amides is 1. The molecule has 3 rings (SSSR count). The Morgan fingerprint density at radius 1 is 1.42 bits per heavy atom. The zero-order chi connectivity index (χ0) is 17.3. The molecule has 0 fully saturated rings. The molecular weight excluding hydrogens is 378 g/mol. The minimum atomic E-state index is -0.525. The first-order valence-corrected chi connectivity index (χ1v) is 7.76. The van der Waals surface area contributed by atoms with E-state index >= 15 is 0 Å². The summed E-state index contributed by atoms with van der Waals surface area (Å²) in [6.45, 7) is 1.40. The monoisotopic (exact) mass is 389 g/mol. The van der Waals surface area contributed by atoms with Crippen molar-refractivity contribution in [1.82, 2.24) is 14.8 Å². The van der Waals surface area contributed by atoms with Crippen molar-refractivity contribution in [2.75, 3.05) is 5.32 Å². The fourth-order valence-electron chi connectivity index (χ4n) is 2.34. The Morgan fingerprint density at radius 2 is 2.21 bits per heavy atom. The third-order valence-electron chi connectivity index (χ3n) is 3.41. The lowest BCUT2D eigenvalue weighted by Gasteiger charge is -2.09. The SMILES string of the molecule is Cc1nn(CC(=O)Nc2ccc(Br)c3cccnc23)cc1[N+](=O)[O-]. The molecule has 24 heavy (non-hydrogen) atoms. The first-order chi connectivity index (χ1) is 11.5. The molecule has 1 amide bonds. The molecule has 8 nitrogen and oxygen atoms in total. The summed E-state index contributed by atoms with van der Waals surface area (Å²) in [4.78, 5) is 26.8. The molecule has 0 radical (unpaired) electrons. The molecule has 9 heteroatoms. The van der Waals surface area contributed by atoms with Gasteiger partial charge in [0.2, 0.25) is 5.91 Å². The average molecular weight is 390 g/mol. The highest BCUT2D eigenvalue weighted by molar-refractivity contribution is 9.10. The minimum absolute atomic E-state index is 0.112. The van der Waals surface area contributed by atoms with Crippen molar-refractivity contribution in [3.05, 3.63) is 56.9 Å². The molecule has 3 aromatic rings. The third kappa shape index (κ3) is 3.11. The Kier molecular flexibility index (Phi) is 4.26. The van der Waals surface area contributed by atoms with Gasteiger partial charge in [0.05, 0.1) is 16.1 Å². The van der Waals surface area contributed by atoms with Gasteiger partial charge in [0.25, 0.3) is 0 Å². The van der Waals surface area contributed by atoms with Crippen LogP contribution in [0.3, 0.4) is 0 Å². The Balaban J connectivity index is 1.82. The van der Waals surface area contributed by atoms with E-state index < -0.39 is 4.92 Å². The van der Waals surface area contributed by atoms with Gasteiger partial charge in [-0.05, 0) is 25.1 Å². The zero-order valence-electron chi connectivity index (χ0n) is 12.6. The highest BCUT2D eigenvalue weighted by Crippen LogP contribution is 2.28. The van der Waals surface area contributed by atoms with Crippen LogP contribution in [0.25, 0.3) is 10.9 Å². The first-order valence-electron chi connectivity index (χ1n) is 6.97. The molecular formula is C15H12BrN5O3. The zero-order valence-corrected chi connectivity index (χ0v) is 14.1. The van der Waals surface area contributed by atoms with E-state index in [2.05, 4.69) is 31.3 Å². The number of nitrogens with zero attached hydrogens (tertiary/aromatic N) is 4. The van der Waals surface area contributed by atoms with Gasteiger partial charge in [0.1, 0.15) is 18.4 Å². The lowest BCUT2D eigenvalue weighted by Crippen LogP contribution is -2.19. The Labute approximate surface area is 144 Å². The normalized spacial score (nSPS) is 10.8. The van der Waals surface area contributed by atoms with E-state index in [-0.39, 0.29) is 23.8 Å². The fourth-order valence-corrected chi connectivity index (χ4v) is 2.80. The maximum atomic E-state index is 12.2. The lowest BCUT2D eigenvalue weighted by atomic mass is 10.2. The summed E-state index contributed by atoms with van der Waals surface area (Å²) in [6, 6.07) is 7.27. The van der Waals surface area contributed by atoms with E-state index in [9.17, 15) is 14.9 Å². The minimum Gasteiger partial charge on any atom is -0.323 e. The molecule has 2 heterocycles. The maximum absolute atomic E-state index is 12.2. The number of carbonyl (C=O) groups excluding carboxylic acids is 1. The standard InChI is InChI=1S/C15H12BrN5O3/c1-9-13(21(23)24)7-20(19-9)8-14(22)18-12-5-4-11(16)10-3-2-6-17-15(10)12/h2-7H,8H2,1H3,(H,18,22). The second-order valence-electron chi connectivity index (χ2n) is 5.10. The molecule has 0 aliphatic carbocycles. The largest absolute Gasteiger partial charge is 0.323 e. The van der Waals surface area contributed by atoms with Crippen molar-refractivity contribution in [2.24, 2.45) is 0 Å². The number of nitro groups is 1. The van der Waals surface area contributed by atoms with Gasteiger partial charge in [0.15, 0.2) is 0 Å². The van der Waals surface area contributed by atoms with Crippen molar-refractivity contribution in [3.63, 3.8) is 0 Å². The van der Waals surface area contributed by atoms with Crippen molar-refractivity contribution in [1.29, 1.82) is 0 Å². The van der Waals surface area contributed by atoms with Crippen LogP contribution in [0.2, 0.25) is 0 Å². The van der Waals surface area contributed by atoms with Crippen LogP contribution < -0.4 is 5.32 Å². The topological polar surface area (TPSA) is 103 Å². The molecule has 0 bridgehead atoms. The number of carbonyl (C=O) groups is 1. The molecule has 0 saturated heterocycles. The van der Waals surface area contributed by atoms with Crippen LogP contribution in [0.5, 0.6) is 0 Å². The van der Waals surface area contributed by atoms with E-state index in [4.69, 9.17) is 0 Å². The highest BCUT2D eigenvalue weighted by Gasteiger charge is 2.17. The molecule has 0 spiro atoms.